The maximum atomic E-state index is 12.2. The first-order valence-corrected chi connectivity index (χ1v) is 7.07. The number of fused-ring (bicyclic) bond motifs is 1. The van der Waals surface area contributed by atoms with Crippen molar-refractivity contribution in [3.63, 3.8) is 0 Å². The molecule has 0 saturated heterocycles. The van der Waals surface area contributed by atoms with Gasteiger partial charge >= 0.3 is 108 Å². The van der Waals surface area contributed by atoms with Crippen LogP contribution >= 0.6 is 0 Å². The van der Waals surface area contributed by atoms with E-state index >= 15 is 0 Å². The molecule has 0 bridgehead atoms. The zero-order chi connectivity index (χ0) is 12.7. The van der Waals surface area contributed by atoms with Gasteiger partial charge in [0.25, 0.3) is 0 Å². The van der Waals surface area contributed by atoms with E-state index in [0.717, 1.165) is 10.3 Å². The molecule has 5 nitrogen and oxygen atoms in total. The minimum atomic E-state index is -0.339. The summed E-state index contributed by atoms with van der Waals surface area (Å²) in [5.41, 5.74) is 1.10. The van der Waals surface area contributed by atoms with Crippen molar-refractivity contribution < 1.29 is 0 Å². The number of benzene rings is 1. The van der Waals surface area contributed by atoms with Crippen LogP contribution in [0.1, 0.15) is 0 Å². The first kappa shape index (κ1) is 11.2. The van der Waals surface area contributed by atoms with Crippen molar-refractivity contribution in [1.29, 1.82) is 0 Å². The summed E-state index contributed by atoms with van der Waals surface area (Å²) >= 11 is -0.0984. The molecule has 18 heavy (non-hydrogen) atoms. The van der Waals surface area contributed by atoms with E-state index in [1.807, 2.05) is 35.3 Å². The third kappa shape index (κ3) is 1.50. The Kier molecular flexibility index (Phi) is 2.54. The minimum absolute atomic E-state index is 0.0984. The van der Waals surface area contributed by atoms with Crippen molar-refractivity contribution >= 4 is 25.8 Å². The van der Waals surface area contributed by atoms with Gasteiger partial charge in [-0.1, -0.05) is 0 Å². The van der Waals surface area contributed by atoms with Crippen molar-refractivity contribution in [1.82, 2.24) is 13.1 Å². The van der Waals surface area contributed by atoms with Crippen molar-refractivity contribution in [2.45, 2.75) is 0 Å². The van der Waals surface area contributed by atoms with Gasteiger partial charge in [-0.05, 0) is 0 Å². The van der Waals surface area contributed by atoms with Gasteiger partial charge in [-0.2, -0.15) is 0 Å². The van der Waals surface area contributed by atoms with E-state index in [1.165, 1.54) is 11.6 Å². The molecule has 0 fully saturated rings. The number of nitrogens with zero attached hydrogens (tertiary/aromatic N) is 3. The average molecular weight is 306 g/mol. The van der Waals surface area contributed by atoms with Gasteiger partial charge in [0.05, 0.1) is 0 Å². The summed E-state index contributed by atoms with van der Waals surface area (Å²) in [7, 11) is 1.48. The molecular weight excluding hydrogens is 297 g/mol. The Bertz CT molecular complexity index is 830. The Morgan fingerprint density at radius 2 is 1.89 bits per heavy atom. The molecule has 2 heterocycles. The molecule has 0 atom stereocenters. The molecule has 3 aromatic rings. The summed E-state index contributed by atoms with van der Waals surface area (Å²) in [4.78, 5) is 26.0. The van der Waals surface area contributed by atoms with Crippen LogP contribution in [-0.2, 0) is 7.05 Å². The fourth-order valence-corrected chi connectivity index (χ4v) is 3.22. The van der Waals surface area contributed by atoms with E-state index < -0.39 is 0 Å². The Morgan fingerprint density at radius 1 is 1.17 bits per heavy atom. The van der Waals surface area contributed by atoms with E-state index in [-0.39, 0.29) is 26.0 Å². The maximum absolute atomic E-state index is 12.2. The van der Waals surface area contributed by atoms with Crippen LogP contribution in [0, 0.1) is 0 Å². The van der Waals surface area contributed by atoms with Crippen LogP contribution in [0.3, 0.4) is 0 Å². The fraction of sp³-hybridized carbons (Fsp3) is 0.0833. The Labute approximate surface area is 108 Å². The SMILES string of the molecule is Cn1c(=O)c2n[se]cc2n(-c2ccccc2)c1=O. The molecule has 0 unspecified atom stereocenters. The number of aromatic nitrogens is 3. The number of hydrogen-bond acceptors (Lipinski definition) is 3. The van der Waals surface area contributed by atoms with E-state index in [0.29, 0.717) is 11.0 Å². The third-order valence-corrected chi connectivity index (χ3v) is 4.09. The van der Waals surface area contributed by atoms with E-state index in [1.54, 1.807) is 0 Å². The molecular formula is C12H9N3O2Se. The molecule has 0 radical (unpaired) electrons. The molecule has 2 aromatic heterocycles. The topological polar surface area (TPSA) is 56.9 Å². The van der Waals surface area contributed by atoms with Gasteiger partial charge in [-0.15, -0.1) is 0 Å². The predicted molar refractivity (Wildman–Crippen MR) is 69.5 cm³/mol. The van der Waals surface area contributed by atoms with Crippen molar-refractivity contribution in [3.05, 3.63) is 56.1 Å². The van der Waals surface area contributed by atoms with Gasteiger partial charge in [0.1, 0.15) is 0 Å². The molecule has 0 spiro atoms. The van der Waals surface area contributed by atoms with Gasteiger partial charge in [-0.25, -0.2) is 0 Å². The van der Waals surface area contributed by atoms with Gasteiger partial charge in [0, 0.05) is 0 Å². The predicted octanol–water partition coefficient (Wildman–Crippen LogP) is 0.141. The monoisotopic (exact) mass is 307 g/mol. The van der Waals surface area contributed by atoms with Gasteiger partial charge < -0.3 is 0 Å². The van der Waals surface area contributed by atoms with Gasteiger partial charge in [0.15, 0.2) is 0 Å². The summed E-state index contributed by atoms with van der Waals surface area (Å²) in [6.07, 6.45) is 0. The molecule has 6 heteroatoms. The molecule has 3 rings (SSSR count). The first-order chi connectivity index (χ1) is 8.70. The Hall–Kier alpha value is -1.91. The first-order valence-electron chi connectivity index (χ1n) is 5.31. The molecule has 90 valence electrons. The molecule has 0 aliphatic carbocycles. The van der Waals surface area contributed by atoms with Crippen LogP contribution in [0.2, 0.25) is 0 Å². The van der Waals surface area contributed by atoms with Crippen molar-refractivity contribution in [3.8, 4) is 5.69 Å². The summed E-state index contributed by atoms with van der Waals surface area (Å²) in [6, 6.07) is 9.28. The molecule has 1 aromatic carbocycles. The molecule has 0 aliphatic heterocycles. The Morgan fingerprint density at radius 3 is 2.61 bits per heavy atom. The van der Waals surface area contributed by atoms with Crippen LogP contribution in [0.5, 0.6) is 0 Å². The average Bonchev–Trinajstić information content (AvgIpc) is 2.87. The second-order valence-electron chi connectivity index (χ2n) is 3.87. The van der Waals surface area contributed by atoms with Gasteiger partial charge in [-0.3, -0.25) is 0 Å². The normalized spacial score (nSPS) is 10.9. The van der Waals surface area contributed by atoms with E-state index in [2.05, 4.69) is 3.98 Å². The molecule has 0 aliphatic rings. The summed E-state index contributed by atoms with van der Waals surface area (Å²) in [6.45, 7) is 0. The van der Waals surface area contributed by atoms with Crippen molar-refractivity contribution in [2.75, 3.05) is 0 Å². The quantitative estimate of drug-likeness (QED) is 0.601. The summed E-state index contributed by atoms with van der Waals surface area (Å²) in [5.74, 6) is 0. The molecule has 0 amide bonds. The van der Waals surface area contributed by atoms with Crippen LogP contribution in [0.15, 0.2) is 44.9 Å². The van der Waals surface area contributed by atoms with Gasteiger partial charge in [0.2, 0.25) is 0 Å². The van der Waals surface area contributed by atoms with E-state index in [4.69, 9.17) is 0 Å². The van der Waals surface area contributed by atoms with Crippen LogP contribution < -0.4 is 11.2 Å². The summed E-state index contributed by atoms with van der Waals surface area (Å²) < 4.78 is 6.84. The molecule has 0 saturated carbocycles. The fourth-order valence-electron chi connectivity index (χ4n) is 1.86. The van der Waals surface area contributed by atoms with Crippen LogP contribution in [-0.4, -0.2) is 27.8 Å². The zero-order valence-electron chi connectivity index (χ0n) is 9.53. The Balaban J connectivity index is 2.54. The number of para-hydroxylation sites is 1. The number of rotatable bonds is 1. The van der Waals surface area contributed by atoms with Crippen LogP contribution in [0.4, 0.5) is 0 Å². The summed E-state index contributed by atoms with van der Waals surface area (Å²) in [5, 5.41) is 0. The second-order valence-corrected chi connectivity index (χ2v) is 5.19. The number of hydrogen-bond donors (Lipinski definition) is 0. The zero-order valence-corrected chi connectivity index (χ0v) is 11.2. The third-order valence-electron chi connectivity index (χ3n) is 2.79. The second kappa shape index (κ2) is 4.08. The standard InChI is InChI=1S/C12H9N3O2Se/c1-14-11(16)10-9(7-18-13-10)15(12(14)17)8-5-3-2-4-6-8/h2-7H,1H3. The van der Waals surface area contributed by atoms with E-state index in [9.17, 15) is 9.59 Å². The van der Waals surface area contributed by atoms with Crippen LogP contribution in [0.25, 0.3) is 16.7 Å². The van der Waals surface area contributed by atoms with Crippen molar-refractivity contribution in [2.24, 2.45) is 7.05 Å². The molecule has 0 N–H and O–H groups in total.